The first-order valence-electron chi connectivity index (χ1n) is 10.3. The lowest BCUT2D eigenvalue weighted by Gasteiger charge is -2.34. The lowest BCUT2D eigenvalue weighted by atomic mass is 9.74. The number of aromatic nitrogens is 3. The summed E-state index contributed by atoms with van der Waals surface area (Å²) in [6.45, 7) is 10.2. The number of nitriles is 1. The number of carbonyl (C=O) groups excluding carboxylic acids is 1. The van der Waals surface area contributed by atoms with Crippen molar-refractivity contribution in [1.29, 1.82) is 5.26 Å². The van der Waals surface area contributed by atoms with Crippen molar-refractivity contribution in [3.05, 3.63) is 51.9 Å². The monoisotopic (exact) mass is 405 g/mol. The molecule has 3 aromatic heterocycles. The van der Waals surface area contributed by atoms with Crippen LogP contribution in [0.1, 0.15) is 72.3 Å². The van der Waals surface area contributed by atoms with Crippen LogP contribution in [0.2, 0.25) is 0 Å². The van der Waals surface area contributed by atoms with Crippen LogP contribution < -0.4 is 5.32 Å². The molecule has 0 aromatic carbocycles. The fourth-order valence-corrected chi connectivity index (χ4v) is 4.57. The molecule has 3 heterocycles. The van der Waals surface area contributed by atoms with E-state index in [0.717, 1.165) is 46.9 Å². The highest BCUT2D eigenvalue weighted by molar-refractivity contribution is 5.77. The van der Waals surface area contributed by atoms with Crippen LogP contribution in [-0.4, -0.2) is 20.5 Å². The van der Waals surface area contributed by atoms with E-state index in [-0.39, 0.29) is 17.4 Å². The smallest absolute Gasteiger partial charge is 0.220 e. The zero-order valence-electron chi connectivity index (χ0n) is 18.2. The van der Waals surface area contributed by atoms with E-state index < -0.39 is 0 Å². The molecule has 156 valence electrons. The number of hydrogen-bond acceptors (Lipinski definition) is 5. The summed E-state index contributed by atoms with van der Waals surface area (Å²) in [4.78, 5) is 17.4. The summed E-state index contributed by atoms with van der Waals surface area (Å²) in [5, 5.41) is 16.7. The molecule has 0 spiro atoms. The summed E-state index contributed by atoms with van der Waals surface area (Å²) in [6.07, 6.45) is 4.24. The molecule has 1 amide bonds. The molecule has 0 radical (unpaired) electrons. The van der Waals surface area contributed by atoms with E-state index in [1.807, 2.05) is 26.8 Å². The van der Waals surface area contributed by atoms with Gasteiger partial charge in [-0.15, -0.1) is 0 Å². The third-order valence-electron chi connectivity index (χ3n) is 6.00. The summed E-state index contributed by atoms with van der Waals surface area (Å²) in [7, 11) is 0. The second-order valence-corrected chi connectivity index (χ2v) is 9.07. The molecular weight excluding hydrogens is 378 g/mol. The molecule has 0 saturated carbocycles. The Hall–Kier alpha value is -3.14. The van der Waals surface area contributed by atoms with E-state index in [4.69, 9.17) is 4.42 Å². The number of furan rings is 1. The van der Waals surface area contributed by atoms with Gasteiger partial charge in [0.1, 0.15) is 23.2 Å². The number of aryl methyl sites for hydroxylation is 3. The van der Waals surface area contributed by atoms with Crippen LogP contribution >= 0.6 is 0 Å². The second-order valence-electron chi connectivity index (χ2n) is 9.07. The van der Waals surface area contributed by atoms with Gasteiger partial charge in [0.15, 0.2) is 5.65 Å². The lowest BCUT2D eigenvalue weighted by molar-refractivity contribution is -0.122. The van der Waals surface area contributed by atoms with Gasteiger partial charge in [-0.05, 0) is 50.7 Å². The standard InChI is InChI=1S/C23H27N5O2/c1-13-8-18-19(9-23(4,5)10-20(18)30-13)27-21(29)7-6-17-14(2)26-22-16(11-24)12-25-28(22)15(17)3/h8,12,19H,6-7,9-10H2,1-5H3,(H,27,29). The Labute approximate surface area is 176 Å². The van der Waals surface area contributed by atoms with Gasteiger partial charge in [0.05, 0.1) is 12.2 Å². The molecule has 1 aliphatic rings. The molecule has 1 atom stereocenters. The minimum absolute atomic E-state index is 0.0135. The van der Waals surface area contributed by atoms with E-state index in [1.165, 1.54) is 6.20 Å². The number of nitrogens with zero attached hydrogens (tertiary/aromatic N) is 4. The van der Waals surface area contributed by atoms with Crippen LogP contribution in [0.5, 0.6) is 0 Å². The van der Waals surface area contributed by atoms with Gasteiger partial charge in [0, 0.05) is 29.8 Å². The summed E-state index contributed by atoms with van der Waals surface area (Å²) in [6, 6.07) is 4.14. The van der Waals surface area contributed by atoms with Gasteiger partial charge in [-0.2, -0.15) is 10.4 Å². The van der Waals surface area contributed by atoms with Crippen LogP contribution in [0.15, 0.2) is 16.7 Å². The average molecular weight is 406 g/mol. The molecule has 7 nitrogen and oxygen atoms in total. The highest BCUT2D eigenvalue weighted by Gasteiger charge is 2.35. The maximum atomic E-state index is 12.8. The Kier molecular flexibility index (Phi) is 4.89. The van der Waals surface area contributed by atoms with E-state index >= 15 is 0 Å². The second kappa shape index (κ2) is 7.28. The van der Waals surface area contributed by atoms with Crippen molar-refractivity contribution in [3.63, 3.8) is 0 Å². The molecular formula is C23H27N5O2. The quantitative estimate of drug-likeness (QED) is 0.710. The minimum Gasteiger partial charge on any atom is -0.466 e. The minimum atomic E-state index is -0.0270. The Morgan fingerprint density at radius 1 is 1.40 bits per heavy atom. The van der Waals surface area contributed by atoms with Gasteiger partial charge >= 0.3 is 0 Å². The average Bonchev–Trinajstić information content (AvgIpc) is 3.23. The van der Waals surface area contributed by atoms with Crippen LogP contribution in [0, 0.1) is 37.5 Å². The summed E-state index contributed by atoms with van der Waals surface area (Å²) in [5.74, 6) is 1.89. The highest BCUT2D eigenvalue weighted by Crippen LogP contribution is 2.42. The number of hydrogen-bond donors (Lipinski definition) is 1. The first-order chi connectivity index (χ1) is 14.2. The van der Waals surface area contributed by atoms with Crippen molar-refractivity contribution in [2.45, 2.75) is 66.3 Å². The van der Waals surface area contributed by atoms with E-state index in [1.54, 1.807) is 4.52 Å². The number of fused-ring (bicyclic) bond motifs is 2. The van der Waals surface area contributed by atoms with E-state index in [0.29, 0.717) is 24.1 Å². The summed E-state index contributed by atoms with van der Waals surface area (Å²) >= 11 is 0. The van der Waals surface area contributed by atoms with Crippen molar-refractivity contribution >= 4 is 11.6 Å². The Morgan fingerprint density at radius 3 is 2.90 bits per heavy atom. The molecule has 3 aromatic rings. The molecule has 0 saturated heterocycles. The summed E-state index contributed by atoms with van der Waals surface area (Å²) < 4.78 is 7.56. The fourth-order valence-electron chi connectivity index (χ4n) is 4.57. The molecule has 1 aliphatic carbocycles. The molecule has 1 unspecified atom stereocenters. The SMILES string of the molecule is Cc1cc2c(o1)CC(C)(C)CC2NC(=O)CCc1c(C)nc2c(C#N)cnn2c1C. The Morgan fingerprint density at radius 2 is 2.17 bits per heavy atom. The van der Waals surface area contributed by atoms with Crippen molar-refractivity contribution in [2.75, 3.05) is 0 Å². The predicted octanol–water partition coefficient (Wildman–Crippen LogP) is 3.88. The van der Waals surface area contributed by atoms with Gasteiger partial charge in [0.25, 0.3) is 0 Å². The third kappa shape index (κ3) is 3.58. The van der Waals surface area contributed by atoms with Gasteiger partial charge in [-0.3, -0.25) is 4.79 Å². The van der Waals surface area contributed by atoms with Gasteiger partial charge in [0.2, 0.25) is 5.91 Å². The van der Waals surface area contributed by atoms with Crippen molar-refractivity contribution in [2.24, 2.45) is 5.41 Å². The maximum Gasteiger partial charge on any atom is 0.220 e. The van der Waals surface area contributed by atoms with E-state index in [2.05, 4.69) is 35.3 Å². The zero-order valence-corrected chi connectivity index (χ0v) is 18.2. The number of carbonyl (C=O) groups is 1. The van der Waals surface area contributed by atoms with Crippen LogP contribution in [0.25, 0.3) is 5.65 Å². The number of amides is 1. The Balaban J connectivity index is 1.50. The third-order valence-corrected chi connectivity index (χ3v) is 6.00. The molecule has 4 rings (SSSR count). The Bertz CT molecular complexity index is 1180. The molecule has 30 heavy (non-hydrogen) atoms. The highest BCUT2D eigenvalue weighted by atomic mass is 16.3. The van der Waals surface area contributed by atoms with Crippen LogP contribution in [0.4, 0.5) is 0 Å². The normalized spacial score (nSPS) is 17.5. The van der Waals surface area contributed by atoms with Gasteiger partial charge in [-0.25, -0.2) is 9.50 Å². The molecule has 0 bridgehead atoms. The van der Waals surface area contributed by atoms with Crippen LogP contribution in [-0.2, 0) is 17.6 Å². The molecule has 0 fully saturated rings. The largest absolute Gasteiger partial charge is 0.466 e. The van der Waals surface area contributed by atoms with Gasteiger partial charge in [-0.1, -0.05) is 13.8 Å². The number of nitrogens with one attached hydrogen (secondary N) is 1. The first kappa shape index (κ1) is 20.1. The maximum absolute atomic E-state index is 12.8. The zero-order chi connectivity index (χ0) is 21.6. The first-order valence-corrected chi connectivity index (χ1v) is 10.3. The topological polar surface area (TPSA) is 96.2 Å². The van der Waals surface area contributed by atoms with Crippen molar-refractivity contribution in [1.82, 2.24) is 19.9 Å². The van der Waals surface area contributed by atoms with Gasteiger partial charge < -0.3 is 9.73 Å². The molecule has 1 N–H and O–H groups in total. The number of rotatable bonds is 4. The molecule has 7 heteroatoms. The predicted molar refractivity (Wildman–Crippen MR) is 112 cm³/mol. The van der Waals surface area contributed by atoms with E-state index in [9.17, 15) is 10.1 Å². The lowest BCUT2D eigenvalue weighted by Crippen LogP contribution is -2.36. The van der Waals surface area contributed by atoms with Crippen molar-refractivity contribution < 1.29 is 9.21 Å². The molecule has 0 aliphatic heterocycles. The van der Waals surface area contributed by atoms with Crippen LogP contribution in [0.3, 0.4) is 0 Å². The summed E-state index contributed by atoms with van der Waals surface area (Å²) in [5.41, 5.74) is 4.94. The fraction of sp³-hybridized carbons (Fsp3) is 0.478. The van der Waals surface area contributed by atoms with Crippen molar-refractivity contribution in [3.8, 4) is 6.07 Å².